The van der Waals surface area contributed by atoms with Gasteiger partial charge in [0, 0.05) is 18.2 Å². The summed E-state index contributed by atoms with van der Waals surface area (Å²) in [5.74, 6) is 1.05. The van der Waals surface area contributed by atoms with Crippen molar-refractivity contribution in [2.45, 2.75) is 32.2 Å². The highest BCUT2D eigenvalue weighted by Crippen LogP contribution is 2.28. The maximum absolute atomic E-state index is 5.55. The Morgan fingerprint density at radius 3 is 2.80 bits per heavy atom. The van der Waals surface area contributed by atoms with E-state index in [0.29, 0.717) is 6.04 Å². The van der Waals surface area contributed by atoms with E-state index in [2.05, 4.69) is 60.8 Å². The van der Waals surface area contributed by atoms with E-state index in [4.69, 9.17) is 4.74 Å². The van der Waals surface area contributed by atoms with Crippen LogP contribution in [0.1, 0.15) is 24.5 Å². The molecule has 0 saturated carbocycles. The van der Waals surface area contributed by atoms with Crippen molar-refractivity contribution in [3.8, 4) is 5.75 Å². The Labute approximate surface area is 120 Å². The highest BCUT2D eigenvalue weighted by atomic mass is 16.5. The van der Waals surface area contributed by atoms with E-state index in [1.165, 1.54) is 16.8 Å². The molecule has 3 rings (SSSR count). The quantitative estimate of drug-likeness (QED) is 0.882. The van der Waals surface area contributed by atoms with E-state index in [1.807, 2.05) is 0 Å². The molecule has 0 amide bonds. The van der Waals surface area contributed by atoms with Crippen LogP contribution in [0.2, 0.25) is 0 Å². The van der Waals surface area contributed by atoms with Crippen LogP contribution in [0.25, 0.3) is 0 Å². The minimum Gasteiger partial charge on any atom is -0.493 e. The van der Waals surface area contributed by atoms with Crippen LogP contribution in [0.5, 0.6) is 5.75 Å². The van der Waals surface area contributed by atoms with Crippen LogP contribution in [-0.4, -0.2) is 12.6 Å². The first-order chi connectivity index (χ1) is 9.85. The van der Waals surface area contributed by atoms with Gasteiger partial charge in [0.1, 0.15) is 5.75 Å². The smallest absolute Gasteiger partial charge is 0.122 e. The molecule has 0 aromatic heterocycles. The summed E-state index contributed by atoms with van der Waals surface area (Å²) in [5.41, 5.74) is 3.91. The molecule has 0 spiro atoms. The number of hydrogen-bond acceptors (Lipinski definition) is 2. The van der Waals surface area contributed by atoms with Gasteiger partial charge in [0.25, 0.3) is 0 Å². The number of hydrogen-bond donors (Lipinski definition) is 1. The standard InChI is InChI=1S/C18H21NO/c1-2-16(12-14-6-4-3-5-7-14)19-17-8-9-18-15(13-17)10-11-20-18/h3-9,13,16,19H,2,10-12H2,1H3. The second kappa shape index (κ2) is 6.00. The molecule has 20 heavy (non-hydrogen) atoms. The molecule has 104 valence electrons. The van der Waals surface area contributed by atoms with Crippen LogP contribution in [0, 0.1) is 0 Å². The summed E-state index contributed by atoms with van der Waals surface area (Å²) < 4.78 is 5.55. The Morgan fingerprint density at radius 2 is 2.00 bits per heavy atom. The zero-order chi connectivity index (χ0) is 13.8. The molecule has 1 aliphatic rings. The van der Waals surface area contributed by atoms with Crippen LogP contribution in [0.3, 0.4) is 0 Å². The van der Waals surface area contributed by atoms with Gasteiger partial charge in [-0.15, -0.1) is 0 Å². The molecular formula is C18H21NO. The monoisotopic (exact) mass is 267 g/mol. The van der Waals surface area contributed by atoms with Crippen LogP contribution < -0.4 is 10.1 Å². The van der Waals surface area contributed by atoms with Crippen molar-refractivity contribution < 1.29 is 4.74 Å². The lowest BCUT2D eigenvalue weighted by Gasteiger charge is -2.19. The minimum atomic E-state index is 0.470. The van der Waals surface area contributed by atoms with E-state index in [9.17, 15) is 0 Å². The Hall–Kier alpha value is -1.96. The van der Waals surface area contributed by atoms with Crippen LogP contribution in [0.4, 0.5) is 5.69 Å². The number of anilines is 1. The molecule has 1 aliphatic heterocycles. The Balaban J connectivity index is 1.68. The van der Waals surface area contributed by atoms with Crippen molar-refractivity contribution in [1.82, 2.24) is 0 Å². The number of ether oxygens (including phenoxy) is 1. The molecule has 0 aliphatic carbocycles. The van der Waals surface area contributed by atoms with Crippen molar-refractivity contribution in [3.63, 3.8) is 0 Å². The van der Waals surface area contributed by atoms with Gasteiger partial charge in [-0.05, 0) is 42.2 Å². The van der Waals surface area contributed by atoms with Gasteiger partial charge in [-0.2, -0.15) is 0 Å². The van der Waals surface area contributed by atoms with Crippen molar-refractivity contribution in [2.75, 3.05) is 11.9 Å². The Morgan fingerprint density at radius 1 is 1.15 bits per heavy atom. The normalized spacial score (nSPS) is 14.4. The van der Waals surface area contributed by atoms with Crippen LogP contribution in [0.15, 0.2) is 48.5 Å². The number of rotatable bonds is 5. The molecule has 0 fully saturated rings. The molecule has 2 aromatic rings. The summed E-state index contributed by atoms with van der Waals surface area (Å²) in [7, 11) is 0. The lowest BCUT2D eigenvalue weighted by Crippen LogP contribution is -2.21. The minimum absolute atomic E-state index is 0.470. The first-order valence-corrected chi connectivity index (χ1v) is 7.41. The van der Waals surface area contributed by atoms with Gasteiger partial charge in [-0.3, -0.25) is 0 Å². The average Bonchev–Trinajstić information content (AvgIpc) is 2.95. The Kier molecular flexibility index (Phi) is 3.91. The summed E-state index contributed by atoms with van der Waals surface area (Å²) >= 11 is 0. The lowest BCUT2D eigenvalue weighted by molar-refractivity contribution is 0.357. The molecule has 2 nitrogen and oxygen atoms in total. The summed E-state index contributed by atoms with van der Waals surface area (Å²) in [6, 6.07) is 17.6. The zero-order valence-electron chi connectivity index (χ0n) is 11.9. The molecule has 1 atom stereocenters. The zero-order valence-corrected chi connectivity index (χ0v) is 11.9. The second-order valence-electron chi connectivity index (χ2n) is 5.36. The third kappa shape index (κ3) is 2.96. The maximum atomic E-state index is 5.55. The summed E-state index contributed by atoms with van der Waals surface area (Å²) in [6.07, 6.45) is 3.20. The number of fused-ring (bicyclic) bond motifs is 1. The Bertz CT molecular complexity index is 565. The predicted octanol–water partition coefficient (Wildman–Crippen LogP) is 4.05. The number of nitrogens with one attached hydrogen (secondary N) is 1. The first kappa shape index (κ1) is 13.0. The first-order valence-electron chi connectivity index (χ1n) is 7.41. The predicted molar refractivity (Wildman–Crippen MR) is 83.5 cm³/mol. The molecule has 2 heteroatoms. The fraction of sp³-hybridized carbons (Fsp3) is 0.333. The largest absolute Gasteiger partial charge is 0.493 e. The van der Waals surface area contributed by atoms with Crippen LogP contribution >= 0.6 is 0 Å². The summed E-state index contributed by atoms with van der Waals surface area (Å²) in [4.78, 5) is 0. The van der Waals surface area contributed by atoms with Gasteiger partial charge < -0.3 is 10.1 Å². The highest BCUT2D eigenvalue weighted by Gasteiger charge is 2.13. The highest BCUT2D eigenvalue weighted by molar-refractivity contribution is 5.53. The third-order valence-electron chi connectivity index (χ3n) is 3.88. The lowest BCUT2D eigenvalue weighted by atomic mass is 10.0. The summed E-state index contributed by atoms with van der Waals surface area (Å²) in [6.45, 7) is 3.05. The van der Waals surface area contributed by atoms with Crippen molar-refractivity contribution in [1.29, 1.82) is 0 Å². The molecule has 2 aromatic carbocycles. The molecule has 1 heterocycles. The molecular weight excluding hydrogens is 246 g/mol. The van der Waals surface area contributed by atoms with E-state index in [-0.39, 0.29) is 0 Å². The van der Waals surface area contributed by atoms with Crippen molar-refractivity contribution >= 4 is 5.69 Å². The molecule has 1 unspecified atom stereocenters. The average molecular weight is 267 g/mol. The van der Waals surface area contributed by atoms with Gasteiger partial charge >= 0.3 is 0 Å². The van der Waals surface area contributed by atoms with Gasteiger partial charge in [-0.1, -0.05) is 37.3 Å². The maximum Gasteiger partial charge on any atom is 0.122 e. The van der Waals surface area contributed by atoms with Gasteiger partial charge in [0.05, 0.1) is 6.61 Å². The van der Waals surface area contributed by atoms with Gasteiger partial charge in [0.15, 0.2) is 0 Å². The van der Waals surface area contributed by atoms with Gasteiger partial charge in [-0.25, -0.2) is 0 Å². The topological polar surface area (TPSA) is 21.3 Å². The SMILES string of the molecule is CCC(Cc1ccccc1)Nc1ccc2c(c1)CCO2. The van der Waals surface area contributed by atoms with E-state index in [1.54, 1.807) is 0 Å². The van der Waals surface area contributed by atoms with Crippen molar-refractivity contribution in [3.05, 3.63) is 59.7 Å². The second-order valence-corrected chi connectivity index (χ2v) is 5.36. The fourth-order valence-electron chi connectivity index (χ4n) is 2.71. The van der Waals surface area contributed by atoms with E-state index < -0.39 is 0 Å². The van der Waals surface area contributed by atoms with Gasteiger partial charge in [0.2, 0.25) is 0 Å². The van der Waals surface area contributed by atoms with Crippen molar-refractivity contribution in [2.24, 2.45) is 0 Å². The molecule has 0 radical (unpaired) electrons. The third-order valence-corrected chi connectivity index (χ3v) is 3.88. The summed E-state index contributed by atoms with van der Waals surface area (Å²) in [5, 5.41) is 3.65. The molecule has 0 saturated heterocycles. The molecule has 0 bridgehead atoms. The molecule has 1 N–H and O–H groups in total. The van der Waals surface area contributed by atoms with E-state index in [0.717, 1.165) is 31.6 Å². The van der Waals surface area contributed by atoms with E-state index >= 15 is 0 Å². The number of benzene rings is 2. The van der Waals surface area contributed by atoms with Crippen LogP contribution in [-0.2, 0) is 12.8 Å². The fourth-order valence-corrected chi connectivity index (χ4v) is 2.71.